The number of nitrogens with one attached hydrogen (secondary N) is 2. The van der Waals surface area contributed by atoms with Crippen LogP contribution in [-0.2, 0) is 0 Å². The van der Waals surface area contributed by atoms with Gasteiger partial charge in [-0.3, -0.25) is 9.99 Å². The Hall–Kier alpha value is -1.84. The topological polar surface area (TPSA) is 71.8 Å². The molecule has 0 fully saturated rings. The van der Waals surface area contributed by atoms with Crippen molar-refractivity contribution in [2.24, 2.45) is 0 Å². The van der Waals surface area contributed by atoms with Gasteiger partial charge in [0.05, 0.1) is 15.7 Å². The highest BCUT2D eigenvalue weighted by Crippen LogP contribution is 2.23. The summed E-state index contributed by atoms with van der Waals surface area (Å²) in [5, 5.41) is 0.504. The lowest BCUT2D eigenvalue weighted by molar-refractivity contribution is -0.151. The Kier molecular flexibility index (Phi) is 4.35. The van der Waals surface area contributed by atoms with E-state index in [0.29, 0.717) is 10.7 Å². The summed E-state index contributed by atoms with van der Waals surface area (Å²) in [7, 11) is 0. The average Bonchev–Trinajstić information content (AvgIpc) is 2.39. The molecule has 1 aromatic carbocycles. The predicted octanol–water partition coefficient (Wildman–Crippen LogP) is 2.37. The minimum absolute atomic E-state index is 0.210. The Bertz CT molecular complexity index is 719. The molecule has 0 aliphatic carbocycles. The number of aromatic nitrogens is 3. The van der Waals surface area contributed by atoms with E-state index in [9.17, 15) is 18.0 Å². The van der Waals surface area contributed by atoms with Crippen LogP contribution in [0.1, 0.15) is 0 Å². The smallest absolute Gasteiger partial charge is 0.282 e. The van der Waals surface area contributed by atoms with E-state index < -0.39 is 17.9 Å². The Labute approximate surface area is 125 Å². The molecule has 1 aromatic heterocycles. The van der Waals surface area contributed by atoms with E-state index in [-0.39, 0.29) is 5.02 Å². The zero-order valence-corrected chi connectivity index (χ0v) is 11.5. The number of rotatable bonds is 3. The molecule has 0 spiro atoms. The summed E-state index contributed by atoms with van der Waals surface area (Å²) in [5.74, 6) is -0.520. The lowest BCUT2D eigenvalue weighted by Gasteiger charge is -2.10. The molecule has 2 rings (SSSR count). The Morgan fingerprint density at radius 2 is 1.90 bits per heavy atom. The first-order valence-electron chi connectivity index (χ1n) is 5.27. The van der Waals surface area contributed by atoms with Crippen LogP contribution in [0.15, 0.2) is 29.3 Å². The molecule has 0 aliphatic rings. The van der Waals surface area contributed by atoms with Gasteiger partial charge in [0.1, 0.15) is 6.33 Å². The second-order valence-electron chi connectivity index (χ2n) is 3.68. The van der Waals surface area contributed by atoms with Crippen molar-refractivity contribution in [1.29, 1.82) is 0 Å². The summed E-state index contributed by atoms with van der Waals surface area (Å²) in [6.45, 7) is 0. The molecule has 6 nitrogen and oxygen atoms in total. The summed E-state index contributed by atoms with van der Waals surface area (Å²) in [5.41, 5.74) is 2.13. The van der Waals surface area contributed by atoms with Crippen molar-refractivity contribution in [2.45, 2.75) is 6.30 Å². The minimum atomic E-state index is -4.68. The van der Waals surface area contributed by atoms with Crippen LogP contribution in [0.3, 0.4) is 0 Å². The SMILES string of the molecule is O=c1nc(NNC(F)(F)F)ncn1-c1ccc(Cl)c(Cl)c1. The highest BCUT2D eigenvalue weighted by atomic mass is 35.5. The molecule has 21 heavy (non-hydrogen) atoms. The first-order chi connectivity index (χ1) is 9.76. The number of hydrogen-bond donors (Lipinski definition) is 2. The van der Waals surface area contributed by atoms with E-state index >= 15 is 0 Å². The van der Waals surface area contributed by atoms with Gasteiger partial charge in [0.2, 0.25) is 5.95 Å². The standard InChI is InChI=1S/C10H6Cl2F3N5O/c11-6-2-1-5(3-7(6)12)20-4-16-8(17-9(20)21)18-19-10(13,14)15/h1-4,19H,(H,17,18,21). The van der Waals surface area contributed by atoms with Gasteiger partial charge in [0, 0.05) is 0 Å². The number of halogens is 5. The fraction of sp³-hybridized carbons (Fsp3) is 0.100. The van der Waals surface area contributed by atoms with Crippen LogP contribution < -0.4 is 16.5 Å². The summed E-state index contributed by atoms with van der Waals surface area (Å²) in [6.07, 6.45) is -3.67. The largest absolute Gasteiger partial charge is 0.474 e. The van der Waals surface area contributed by atoms with Gasteiger partial charge >= 0.3 is 12.0 Å². The second-order valence-corrected chi connectivity index (χ2v) is 4.49. The number of nitrogens with zero attached hydrogens (tertiary/aromatic N) is 3. The Balaban J connectivity index is 2.27. The molecule has 0 radical (unpaired) electrons. The lowest BCUT2D eigenvalue weighted by Crippen LogP contribution is -2.38. The normalized spacial score (nSPS) is 11.5. The van der Waals surface area contributed by atoms with Crippen LogP contribution in [-0.4, -0.2) is 20.8 Å². The highest BCUT2D eigenvalue weighted by Gasteiger charge is 2.27. The molecule has 11 heteroatoms. The third-order valence-corrected chi connectivity index (χ3v) is 2.94. The Morgan fingerprint density at radius 3 is 2.48 bits per heavy atom. The lowest BCUT2D eigenvalue weighted by atomic mass is 10.3. The van der Waals surface area contributed by atoms with Crippen molar-refractivity contribution in [3.8, 4) is 5.69 Å². The maximum absolute atomic E-state index is 11.9. The first-order valence-corrected chi connectivity index (χ1v) is 6.03. The molecule has 0 amide bonds. The summed E-state index contributed by atoms with van der Waals surface area (Å²) < 4.78 is 36.8. The van der Waals surface area contributed by atoms with Crippen molar-refractivity contribution < 1.29 is 13.2 Å². The van der Waals surface area contributed by atoms with Crippen molar-refractivity contribution in [3.63, 3.8) is 0 Å². The van der Waals surface area contributed by atoms with Gasteiger partial charge in [-0.25, -0.2) is 9.78 Å². The number of anilines is 1. The van der Waals surface area contributed by atoms with Crippen LogP contribution >= 0.6 is 23.2 Å². The molecule has 2 N–H and O–H groups in total. The molecule has 0 unspecified atom stereocenters. The van der Waals surface area contributed by atoms with E-state index in [1.54, 1.807) is 5.43 Å². The fourth-order valence-corrected chi connectivity index (χ4v) is 1.63. The molecular weight excluding hydrogens is 334 g/mol. The van der Waals surface area contributed by atoms with E-state index in [1.807, 2.05) is 0 Å². The second kappa shape index (κ2) is 5.88. The molecule has 0 saturated carbocycles. The quantitative estimate of drug-likeness (QED) is 0.663. The van der Waals surface area contributed by atoms with E-state index in [4.69, 9.17) is 23.2 Å². The van der Waals surface area contributed by atoms with Crippen molar-refractivity contribution in [2.75, 3.05) is 5.43 Å². The van der Waals surface area contributed by atoms with Crippen molar-refractivity contribution >= 4 is 29.2 Å². The molecular formula is C10H6Cl2F3N5O. The summed E-state index contributed by atoms with van der Waals surface area (Å²) in [4.78, 5) is 18.7. The zero-order chi connectivity index (χ0) is 15.6. The van der Waals surface area contributed by atoms with Gasteiger partial charge in [0.25, 0.3) is 0 Å². The summed E-state index contributed by atoms with van der Waals surface area (Å²) in [6, 6.07) is 4.35. The minimum Gasteiger partial charge on any atom is -0.282 e. The monoisotopic (exact) mass is 339 g/mol. The van der Waals surface area contributed by atoms with Crippen LogP contribution in [0.4, 0.5) is 19.1 Å². The molecule has 0 atom stereocenters. The van der Waals surface area contributed by atoms with E-state index in [2.05, 4.69) is 9.97 Å². The molecule has 1 heterocycles. The van der Waals surface area contributed by atoms with Gasteiger partial charge < -0.3 is 0 Å². The highest BCUT2D eigenvalue weighted by molar-refractivity contribution is 6.42. The van der Waals surface area contributed by atoms with Gasteiger partial charge in [0.15, 0.2) is 0 Å². The number of hydrogen-bond acceptors (Lipinski definition) is 5. The summed E-state index contributed by atoms with van der Waals surface area (Å²) >= 11 is 11.6. The molecule has 0 bridgehead atoms. The fourth-order valence-electron chi connectivity index (χ4n) is 1.33. The van der Waals surface area contributed by atoms with Gasteiger partial charge in [-0.15, -0.1) is 5.43 Å². The predicted molar refractivity (Wildman–Crippen MR) is 70.5 cm³/mol. The van der Waals surface area contributed by atoms with Gasteiger partial charge in [-0.1, -0.05) is 23.2 Å². The van der Waals surface area contributed by atoms with Crippen LogP contribution in [0.2, 0.25) is 10.0 Å². The van der Waals surface area contributed by atoms with Crippen molar-refractivity contribution in [1.82, 2.24) is 20.0 Å². The third-order valence-electron chi connectivity index (χ3n) is 2.20. The maximum atomic E-state index is 11.9. The maximum Gasteiger partial charge on any atom is 0.474 e. The molecule has 2 aromatic rings. The third kappa shape index (κ3) is 4.06. The van der Waals surface area contributed by atoms with Crippen LogP contribution in [0, 0.1) is 0 Å². The van der Waals surface area contributed by atoms with E-state index in [0.717, 1.165) is 16.3 Å². The molecule has 0 aliphatic heterocycles. The first kappa shape index (κ1) is 15.5. The number of benzene rings is 1. The Morgan fingerprint density at radius 1 is 1.19 bits per heavy atom. The van der Waals surface area contributed by atoms with Gasteiger partial charge in [-0.05, 0) is 18.2 Å². The molecule has 0 saturated heterocycles. The van der Waals surface area contributed by atoms with Gasteiger partial charge in [-0.2, -0.15) is 18.2 Å². The van der Waals surface area contributed by atoms with Crippen LogP contribution in [0.25, 0.3) is 5.69 Å². The van der Waals surface area contributed by atoms with Crippen LogP contribution in [0.5, 0.6) is 0 Å². The van der Waals surface area contributed by atoms with Crippen molar-refractivity contribution in [3.05, 3.63) is 45.1 Å². The average molecular weight is 340 g/mol. The zero-order valence-electron chi connectivity index (χ0n) is 9.95. The molecule has 112 valence electrons. The number of alkyl halides is 3. The van der Waals surface area contributed by atoms with E-state index in [1.165, 1.54) is 18.2 Å². The number of hydrazine groups is 1.